The van der Waals surface area contributed by atoms with Gasteiger partial charge in [0.25, 0.3) is 0 Å². The molecule has 15 heavy (non-hydrogen) atoms. The summed E-state index contributed by atoms with van der Waals surface area (Å²) < 4.78 is 13.1. The van der Waals surface area contributed by atoms with Crippen molar-refractivity contribution in [3.63, 3.8) is 0 Å². The van der Waals surface area contributed by atoms with E-state index in [9.17, 15) is 9.50 Å². The van der Waals surface area contributed by atoms with Crippen LogP contribution in [0, 0.1) is 18.2 Å². The van der Waals surface area contributed by atoms with E-state index in [1.165, 1.54) is 12.5 Å². The van der Waals surface area contributed by atoms with Gasteiger partial charge in [-0.15, -0.1) is 0 Å². The van der Waals surface area contributed by atoms with Gasteiger partial charge in [-0.25, -0.2) is 4.39 Å². The predicted octanol–water partition coefficient (Wildman–Crippen LogP) is 2.84. The summed E-state index contributed by atoms with van der Waals surface area (Å²) in [6.07, 6.45) is 4.28. The van der Waals surface area contributed by atoms with E-state index < -0.39 is 0 Å². The lowest BCUT2D eigenvalue weighted by Crippen LogP contribution is -2.35. The molecule has 1 nitrogen and oxygen atoms in total. The molecule has 0 saturated heterocycles. The zero-order valence-corrected chi connectivity index (χ0v) is 9.09. The molecule has 1 fully saturated rings. The van der Waals surface area contributed by atoms with Crippen LogP contribution in [0.4, 0.5) is 4.39 Å². The molecule has 1 aromatic rings. The second-order valence-corrected chi connectivity index (χ2v) is 4.77. The fourth-order valence-corrected chi connectivity index (χ4v) is 2.32. The highest BCUT2D eigenvalue weighted by Gasteiger charge is 2.36. The van der Waals surface area contributed by atoms with Crippen LogP contribution in [0.25, 0.3) is 0 Å². The van der Waals surface area contributed by atoms with Crippen LogP contribution >= 0.6 is 0 Å². The lowest BCUT2D eigenvalue weighted by Gasteiger charge is -2.40. The minimum atomic E-state index is -0.148. The van der Waals surface area contributed by atoms with Crippen LogP contribution in [0.2, 0.25) is 0 Å². The highest BCUT2D eigenvalue weighted by molar-refractivity contribution is 5.25. The Morgan fingerprint density at radius 1 is 1.40 bits per heavy atom. The van der Waals surface area contributed by atoms with Gasteiger partial charge in [-0.2, -0.15) is 0 Å². The number of hydrogen-bond donors (Lipinski definition) is 1. The molecule has 0 spiro atoms. The number of halogens is 1. The summed E-state index contributed by atoms with van der Waals surface area (Å²) >= 11 is 0. The van der Waals surface area contributed by atoms with Crippen LogP contribution in [0.15, 0.2) is 18.2 Å². The summed E-state index contributed by atoms with van der Waals surface area (Å²) in [4.78, 5) is 0. The third kappa shape index (κ3) is 2.05. The first-order valence-electron chi connectivity index (χ1n) is 5.51. The summed E-state index contributed by atoms with van der Waals surface area (Å²) in [5.74, 6) is -0.148. The average molecular weight is 208 g/mol. The molecule has 2 heteroatoms. The van der Waals surface area contributed by atoms with E-state index in [0.29, 0.717) is 5.56 Å². The van der Waals surface area contributed by atoms with Crippen molar-refractivity contribution in [2.45, 2.75) is 32.6 Å². The fourth-order valence-electron chi connectivity index (χ4n) is 2.32. The lowest BCUT2D eigenvalue weighted by molar-refractivity contribution is 0.0450. The first-order chi connectivity index (χ1) is 7.15. The Balaban J connectivity index is 2.13. The number of benzene rings is 1. The molecule has 1 aromatic carbocycles. The van der Waals surface area contributed by atoms with E-state index in [0.717, 1.165) is 24.8 Å². The summed E-state index contributed by atoms with van der Waals surface area (Å²) in [5.41, 5.74) is 1.92. The molecule has 0 bridgehead atoms. The summed E-state index contributed by atoms with van der Waals surface area (Å²) in [6, 6.07) is 5.25. The summed E-state index contributed by atoms with van der Waals surface area (Å²) in [7, 11) is 0. The molecule has 0 aromatic heterocycles. The Hall–Kier alpha value is -0.890. The van der Waals surface area contributed by atoms with Gasteiger partial charge in [-0.1, -0.05) is 18.6 Å². The Bertz CT molecular complexity index is 350. The smallest absolute Gasteiger partial charge is 0.126 e. The summed E-state index contributed by atoms with van der Waals surface area (Å²) in [5, 5.41) is 9.35. The standard InChI is InChI=1S/C13H17FO/c1-10-7-11(3-4-12(10)14)8-13(9-15)5-2-6-13/h3-4,7,15H,2,5-6,8-9H2,1H3. The SMILES string of the molecule is Cc1cc(CC2(CO)CCC2)ccc1F. The van der Waals surface area contributed by atoms with E-state index in [1.54, 1.807) is 6.92 Å². The zero-order valence-electron chi connectivity index (χ0n) is 9.09. The maximum atomic E-state index is 13.1. The zero-order chi connectivity index (χ0) is 10.9. The van der Waals surface area contributed by atoms with Crippen molar-refractivity contribution >= 4 is 0 Å². The molecule has 0 aliphatic heterocycles. The second kappa shape index (κ2) is 3.93. The van der Waals surface area contributed by atoms with Crippen LogP contribution in [-0.2, 0) is 6.42 Å². The lowest BCUT2D eigenvalue weighted by atomic mass is 9.66. The van der Waals surface area contributed by atoms with Gasteiger partial charge in [0.15, 0.2) is 0 Å². The largest absolute Gasteiger partial charge is 0.396 e. The molecule has 1 saturated carbocycles. The summed E-state index contributed by atoms with van der Waals surface area (Å²) in [6.45, 7) is 2.04. The van der Waals surface area contributed by atoms with Crippen molar-refractivity contribution in [3.05, 3.63) is 35.1 Å². The number of hydrogen-bond acceptors (Lipinski definition) is 1. The van der Waals surface area contributed by atoms with Crippen molar-refractivity contribution in [1.82, 2.24) is 0 Å². The van der Waals surface area contributed by atoms with E-state index in [4.69, 9.17) is 0 Å². The van der Waals surface area contributed by atoms with Gasteiger partial charge < -0.3 is 5.11 Å². The molecule has 0 radical (unpaired) electrons. The van der Waals surface area contributed by atoms with Crippen LogP contribution < -0.4 is 0 Å². The molecule has 0 amide bonds. The molecule has 1 N–H and O–H groups in total. The molecular weight excluding hydrogens is 191 g/mol. The molecule has 0 unspecified atom stereocenters. The van der Waals surface area contributed by atoms with Crippen molar-refractivity contribution in [2.75, 3.05) is 6.61 Å². The molecule has 0 heterocycles. The highest BCUT2D eigenvalue weighted by Crippen LogP contribution is 2.43. The van der Waals surface area contributed by atoms with Crippen LogP contribution in [0.5, 0.6) is 0 Å². The minimum absolute atomic E-state index is 0.0876. The maximum absolute atomic E-state index is 13.1. The number of rotatable bonds is 3. The number of aryl methyl sites for hydroxylation is 1. The Morgan fingerprint density at radius 2 is 2.13 bits per heavy atom. The van der Waals surface area contributed by atoms with Gasteiger partial charge in [0.2, 0.25) is 0 Å². The third-order valence-electron chi connectivity index (χ3n) is 3.55. The van der Waals surface area contributed by atoms with Crippen LogP contribution in [0.3, 0.4) is 0 Å². The van der Waals surface area contributed by atoms with Gasteiger partial charge in [0, 0.05) is 6.61 Å². The first-order valence-corrected chi connectivity index (χ1v) is 5.51. The molecule has 1 aliphatic rings. The third-order valence-corrected chi connectivity index (χ3v) is 3.55. The highest BCUT2D eigenvalue weighted by atomic mass is 19.1. The van der Waals surface area contributed by atoms with Crippen LogP contribution in [0.1, 0.15) is 30.4 Å². The van der Waals surface area contributed by atoms with Gasteiger partial charge in [-0.3, -0.25) is 0 Å². The Labute approximate surface area is 89.9 Å². The van der Waals surface area contributed by atoms with E-state index in [1.807, 2.05) is 12.1 Å². The maximum Gasteiger partial charge on any atom is 0.126 e. The predicted molar refractivity (Wildman–Crippen MR) is 58.2 cm³/mol. The normalized spacial score (nSPS) is 18.6. The van der Waals surface area contributed by atoms with Crippen molar-refractivity contribution < 1.29 is 9.50 Å². The average Bonchev–Trinajstić information content (AvgIpc) is 2.17. The van der Waals surface area contributed by atoms with Crippen molar-refractivity contribution in [3.8, 4) is 0 Å². The van der Waals surface area contributed by atoms with Gasteiger partial charge >= 0.3 is 0 Å². The topological polar surface area (TPSA) is 20.2 Å². The fraction of sp³-hybridized carbons (Fsp3) is 0.538. The molecule has 0 atom stereocenters. The Morgan fingerprint density at radius 3 is 2.60 bits per heavy atom. The van der Waals surface area contributed by atoms with Gasteiger partial charge in [0.1, 0.15) is 5.82 Å². The van der Waals surface area contributed by atoms with E-state index >= 15 is 0 Å². The molecule has 2 rings (SSSR count). The monoisotopic (exact) mass is 208 g/mol. The van der Waals surface area contributed by atoms with E-state index in [2.05, 4.69) is 0 Å². The van der Waals surface area contributed by atoms with Crippen molar-refractivity contribution in [1.29, 1.82) is 0 Å². The Kier molecular flexibility index (Phi) is 2.79. The quantitative estimate of drug-likeness (QED) is 0.809. The number of aliphatic hydroxyl groups is 1. The second-order valence-electron chi connectivity index (χ2n) is 4.77. The van der Waals surface area contributed by atoms with Gasteiger partial charge in [-0.05, 0) is 48.8 Å². The minimum Gasteiger partial charge on any atom is -0.396 e. The molecule has 82 valence electrons. The van der Waals surface area contributed by atoms with Crippen molar-refractivity contribution in [2.24, 2.45) is 5.41 Å². The van der Waals surface area contributed by atoms with E-state index in [-0.39, 0.29) is 17.8 Å². The first kappa shape index (κ1) is 10.6. The van der Waals surface area contributed by atoms with Gasteiger partial charge in [0.05, 0.1) is 0 Å². The molecular formula is C13H17FO. The molecule has 1 aliphatic carbocycles. The van der Waals surface area contributed by atoms with Crippen LogP contribution in [-0.4, -0.2) is 11.7 Å². The number of aliphatic hydroxyl groups excluding tert-OH is 1.